The summed E-state index contributed by atoms with van der Waals surface area (Å²) >= 11 is 0. The maximum atomic E-state index is 8.88. The molecule has 0 aliphatic heterocycles. The highest BCUT2D eigenvalue weighted by atomic mass is 16.3. The molecule has 0 atom stereocenters. The molecule has 1 N–H and O–H groups in total. The smallest absolute Gasteiger partial charge is 0.0920 e. The van der Waals surface area contributed by atoms with Crippen molar-refractivity contribution in [3.63, 3.8) is 0 Å². The second-order valence-electron chi connectivity index (χ2n) is 2.08. The first-order valence-corrected chi connectivity index (χ1v) is 3.21. The van der Waals surface area contributed by atoms with Gasteiger partial charge < -0.3 is 5.11 Å². The van der Waals surface area contributed by atoms with E-state index in [4.69, 9.17) is 5.11 Å². The Morgan fingerprint density at radius 3 is 2.33 bits per heavy atom. The van der Waals surface area contributed by atoms with Gasteiger partial charge in [0.05, 0.1) is 5.76 Å². The van der Waals surface area contributed by atoms with Gasteiger partial charge in [0.2, 0.25) is 0 Å². The predicted molar refractivity (Wildman–Crippen MR) is 40.4 cm³/mol. The number of hydrogen-bond donors (Lipinski definition) is 1. The van der Waals surface area contributed by atoms with Crippen LogP contribution in [0.3, 0.4) is 0 Å². The average Bonchev–Trinajstić information content (AvgIpc) is 1.82. The van der Waals surface area contributed by atoms with Crippen LogP contribution < -0.4 is 0 Å². The van der Waals surface area contributed by atoms with Crippen LogP contribution in [0.25, 0.3) is 0 Å². The Bertz CT molecular complexity index is 128. The highest BCUT2D eigenvalue weighted by molar-refractivity contribution is 5.17. The molecule has 9 heavy (non-hydrogen) atoms. The topological polar surface area (TPSA) is 20.2 Å². The van der Waals surface area contributed by atoms with Gasteiger partial charge in [-0.05, 0) is 25.8 Å². The average molecular weight is 126 g/mol. The first-order valence-electron chi connectivity index (χ1n) is 3.21. The number of aliphatic hydroxyl groups is 1. The summed E-state index contributed by atoms with van der Waals surface area (Å²) in [5.74, 6) is 0.403. The largest absolute Gasteiger partial charge is 0.512 e. The van der Waals surface area contributed by atoms with E-state index in [9.17, 15) is 0 Å². The van der Waals surface area contributed by atoms with E-state index in [1.54, 1.807) is 6.92 Å². The summed E-state index contributed by atoms with van der Waals surface area (Å²) < 4.78 is 0. The summed E-state index contributed by atoms with van der Waals surface area (Å²) in [5.41, 5.74) is 0.942. The van der Waals surface area contributed by atoms with Crippen molar-refractivity contribution in [3.05, 3.63) is 23.5 Å². The fourth-order valence-electron chi connectivity index (χ4n) is 0.415. The van der Waals surface area contributed by atoms with Crippen molar-refractivity contribution in [1.29, 1.82) is 0 Å². The molecule has 0 spiro atoms. The van der Waals surface area contributed by atoms with Gasteiger partial charge in [-0.1, -0.05) is 19.1 Å². The highest BCUT2D eigenvalue weighted by Crippen LogP contribution is 2.00. The third-order valence-corrected chi connectivity index (χ3v) is 1.17. The van der Waals surface area contributed by atoms with Crippen LogP contribution in [0.15, 0.2) is 23.5 Å². The first-order chi connectivity index (χ1) is 4.18. The predicted octanol–water partition coefficient (Wildman–Crippen LogP) is 2.80. The van der Waals surface area contributed by atoms with Gasteiger partial charge in [-0.3, -0.25) is 0 Å². The van der Waals surface area contributed by atoms with E-state index < -0.39 is 0 Å². The van der Waals surface area contributed by atoms with Crippen molar-refractivity contribution in [2.45, 2.75) is 27.2 Å². The van der Waals surface area contributed by atoms with Crippen LogP contribution in [0.4, 0.5) is 0 Å². The molecule has 0 amide bonds. The Morgan fingerprint density at radius 1 is 1.44 bits per heavy atom. The minimum atomic E-state index is 0.403. The minimum Gasteiger partial charge on any atom is -0.512 e. The summed E-state index contributed by atoms with van der Waals surface area (Å²) in [4.78, 5) is 0. The second kappa shape index (κ2) is 4.19. The monoisotopic (exact) mass is 126 g/mol. The molecule has 0 bridgehead atoms. The molecule has 0 radical (unpaired) electrons. The number of rotatable bonds is 2. The Kier molecular flexibility index (Phi) is 3.85. The van der Waals surface area contributed by atoms with Crippen LogP contribution in [0.1, 0.15) is 27.2 Å². The standard InChI is InChI=1S/C8H14O/c1-4-5-6-7(2)8(3)9/h5-6,9H,4H2,1-3H3/b6-5-,8-7+. The Labute approximate surface area is 56.7 Å². The zero-order valence-corrected chi connectivity index (χ0v) is 6.31. The van der Waals surface area contributed by atoms with Crippen molar-refractivity contribution in [3.8, 4) is 0 Å². The fraction of sp³-hybridized carbons (Fsp3) is 0.500. The molecule has 0 aromatic rings. The molecular weight excluding hydrogens is 112 g/mol. The number of aliphatic hydroxyl groups excluding tert-OH is 1. The van der Waals surface area contributed by atoms with E-state index in [-0.39, 0.29) is 0 Å². The van der Waals surface area contributed by atoms with E-state index in [1.807, 2.05) is 19.1 Å². The van der Waals surface area contributed by atoms with E-state index >= 15 is 0 Å². The van der Waals surface area contributed by atoms with Gasteiger partial charge in [0, 0.05) is 0 Å². The summed E-state index contributed by atoms with van der Waals surface area (Å²) in [6.07, 6.45) is 4.97. The van der Waals surface area contributed by atoms with E-state index in [0.29, 0.717) is 5.76 Å². The maximum Gasteiger partial charge on any atom is 0.0920 e. The lowest BCUT2D eigenvalue weighted by molar-refractivity contribution is 0.409. The molecule has 0 unspecified atom stereocenters. The molecule has 1 heteroatoms. The van der Waals surface area contributed by atoms with Gasteiger partial charge in [-0.25, -0.2) is 0 Å². The molecule has 0 saturated heterocycles. The van der Waals surface area contributed by atoms with Crippen LogP contribution in [-0.2, 0) is 0 Å². The van der Waals surface area contributed by atoms with Crippen LogP contribution in [0, 0.1) is 0 Å². The molecule has 0 aliphatic carbocycles. The lowest BCUT2D eigenvalue weighted by Crippen LogP contribution is -1.75. The van der Waals surface area contributed by atoms with Crippen molar-refractivity contribution in [2.24, 2.45) is 0 Å². The summed E-state index contributed by atoms with van der Waals surface area (Å²) in [6, 6.07) is 0. The highest BCUT2D eigenvalue weighted by Gasteiger charge is 1.84. The SMILES string of the molecule is CC/C=C\C(C)=C(/C)O. The number of hydrogen-bond acceptors (Lipinski definition) is 1. The van der Waals surface area contributed by atoms with E-state index in [2.05, 4.69) is 6.92 Å². The zero-order valence-electron chi connectivity index (χ0n) is 6.31. The summed E-state index contributed by atoms with van der Waals surface area (Å²) in [7, 11) is 0. The van der Waals surface area contributed by atoms with Crippen molar-refractivity contribution < 1.29 is 5.11 Å². The van der Waals surface area contributed by atoms with E-state index in [1.165, 1.54) is 0 Å². The molecule has 0 rings (SSSR count). The minimum absolute atomic E-state index is 0.403. The summed E-state index contributed by atoms with van der Waals surface area (Å²) in [6.45, 7) is 5.65. The van der Waals surface area contributed by atoms with Crippen LogP contribution in [0.2, 0.25) is 0 Å². The molecule has 0 saturated carbocycles. The van der Waals surface area contributed by atoms with Gasteiger partial charge in [-0.2, -0.15) is 0 Å². The molecule has 0 heterocycles. The van der Waals surface area contributed by atoms with Crippen molar-refractivity contribution >= 4 is 0 Å². The molecule has 52 valence electrons. The first kappa shape index (κ1) is 8.28. The molecular formula is C8H14O. The molecule has 0 aliphatic rings. The Hall–Kier alpha value is -0.720. The molecule has 0 aromatic carbocycles. The van der Waals surface area contributed by atoms with Crippen molar-refractivity contribution in [1.82, 2.24) is 0 Å². The van der Waals surface area contributed by atoms with Crippen LogP contribution >= 0.6 is 0 Å². The molecule has 0 aromatic heterocycles. The van der Waals surface area contributed by atoms with Crippen LogP contribution in [-0.4, -0.2) is 5.11 Å². The third kappa shape index (κ3) is 3.83. The van der Waals surface area contributed by atoms with Crippen LogP contribution in [0.5, 0.6) is 0 Å². The normalized spacial score (nSPS) is 14.1. The lowest BCUT2D eigenvalue weighted by atomic mass is 10.2. The molecule has 0 fully saturated rings. The summed E-state index contributed by atoms with van der Waals surface area (Å²) in [5, 5.41) is 8.88. The van der Waals surface area contributed by atoms with Gasteiger partial charge in [-0.15, -0.1) is 0 Å². The van der Waals surface area contributed by atoms with Gasteiger partial charge >= 0.3 is 0 Å². The Morgan fingerprint density at radius 2 is 2.00 bits per heavy atom. The van der Waals surface area contributed by atoms with E-state index in [0.717, 1.165) is 12.0 Å². The second-order valence-corrected chi connectivity index (χ2v) is 2.08. The lowest BCUT2D eigenvalue weighted by Gasteiger charge is -1.91. The quantitative estimate of drug-likeness (QED) is 0.445. The Balaban J connectivity index is 3.91. The number of allylic oxidation sites excluding steroid dienone is 4. The van der Waals surface area contributed by atoms with Gasteiger partial charge in [0.25, 0.3) is 0 Å². The molecule has 1 nitrogen and oxygen atoms in total. The van der Waals surface area contributed by atoms with Gasteiger partial charge in [0.15, 0.2) is 0 Å². The van der Waals surface area contributed by atoms with Crippen molar-refractivity contribution in [2.75, 3.05) is 0 Å². The van der Waals surface area contributed by atoms with Gasteiger partial charge in [0.1, 0.15) is 0 Å². The fourth-order valence-corrected chi connectivity index (χ4v) is 0.415. The third-order valence-electron chi connectivity index (χ3n) is 1.17. The maximum absolute atomic E-state index is 8.88. The zero-order chi connectivity index (χ0) is 7.28.